The van der Waals surface area contributed by atoms with E-state index in [0.29, 0.717) is 18.8 Å². The van der Waals surface area contributed by atoms with Crippen LogP contribution in [0, 0.1) is 19.5 Å². The van der Waals surface area contributed by atoms with Crippen molar-refractivity contribution in [1.82, 2.24) is 0 Å². The maximum absolute atomic E-state index is 13.6. The first kappa shape index (κ1) is 13.5. The molecule has 0 amide bonds. The van der Waals surface area contributed by atoms with Crippen LogP contribution >= 0.6 is 22.6 Å². The van der Waals surface area contributed by atoms with E-state index in [1.54, 1.807) is 22.6 Å². The molecule has 1 aliphatic heterocycles. The maximum Gasteiger partial charge on any atom is 0.293 e. The molecule has 0 unspecified atom stereocenters. The molecule has 1 heterocycles. The van der Waals surface area contributed by atoms with Crippen molar-refractivity contribution >= 4 is 34.0 Å². The molecule has 2 rings (SSSR count). The van der Waals surface area contributed by atoms with Gasteiger partial charge in [-0.1, -0.05) is 0 Å². The first-order valence-electron chi connectivity index (χ1n) is 5.63. The normalized spacial score (nSPS) is 16.9. The molecule has 18 heavy (non-hydrogen) atoms. The zero-order valence-corrected chi connectivity index (χ0v) is 11.8. The lowest BCUT2D eigenvalue weighted by molar-refractivity contribution is -0.384. The Morgan fingerprint density at radius 1 is 1.44 bits per heavy atom. The van der Waals surface area contributed by atoms with E-state index in [9.17, 15) is 14.5 Å². The molecule has 0 aliphatic carbocycles. The highest BCUT2D eigenvalue weighted by Gasteiger charge is 2.25. The number of rotatable bonds is 2. The van der Waals surface area contributed by atoms with Crippen molar-refractivity contribution in [2.75, 3.05) is 18.0 Å². The number of hydrogen-bond donors (Lipinski definition) is 1. The minimum atomic E-state index is -0.467. The van der Waals surface area contributed by atoms with E-state index in [2.05, 4.69) is 0 Å². The number of piperidine rings is 1. The number of anilines is 1. The fourth-order valence-corrected chi connectivity index (χ4v) is 2.52. The van der Waals surface area contributed by atoms with Crippen LogP contribution in [0.2, 0.25) is 0 Å². The third kappa shape index (κ3) is 2.72. The predicted molar refractivity (Wildman–Crippen MR) is 75.2 cm³/mol. The summed E-state index contributed by atoms with van der Waals surface area (Å²) in [4.78, 5) is 12.4. The first-order valence-corrected chi connectivity index (χ1v) is 6.71. The first-order chi connectivity index (χ1) is 8.49. The third-order valence-electron chi connectivity index (χ3n) is 3.09. The van der Waals surface area contributed by atoms with E-state index in [1.165, 1.54) is 12.1 Å². The second kappa shape index (κ2) is 5.35. The average Bonchev–Trinajstić information content (AvgIpc) is 2.33. The van der Waals surface area contributed by atoms with E-state index in [4.69, 9.17) is 5.73 Å². The maximum atomic E-state index is 13.6. The molecule has 0 aromatic heterocycles. The number of nitrogens with two attached hydrogens (primary N) is 1. The highest BCUT2D eigenvalue weighted by molar-refractivity contribution is 14.1. The number of halogens is 2. The molecule has 2 N–H and O–H groups in total. The lowest BCUT2D eigenvalue weighted by atomic mass is 10.1. The summed E-state index contributed by atoms with van der Waals surface area (Å²) in [5.74, 6) is -0.425. The Labute approximate surface area is 117 Å². The predicted octanol–water partition coefficient (Wildman–Crippen LogP) is 2.27. The van der Waals surface area contributed by atoms with Gasteiger partial charge >= 0.3 is 0 Å². The fraction of sp³-hybridized carbons (Fsp3) is 0.455. The van der Waals surface area contributed by atoms with Gasteiger partial charge in [-0.25, -0.2) is 4.39 Å². The quantitative estimate of drug-likeness (QED) is 0.496. The van der Waals surface area contributed by atoms with Crippen molar-refractivity contribution in [2.45, 2.75) is 18.9 Å². The highest BCUT2D eigenvalue weighted by atomic mass is 127. The average molecular weight is 365 g/mol. The lowest BCUT2D eigenvalue weighted by Gasteiger charge is -2.31. The van der Waals surface area contributed by atoms with E-state index >= 15 is 0 Å². The molecule has 0 spiro atoms. The molecule has 0 saturated carbocycles. The number of hydrogen-bond acceptors (Lipinski definition) is 4. The second-order valence-corrected chi connectivity index (χ2v) is 5.50. The molecule has 5 nitrogen and oxygen atoms in total. The Hall–Kier alpha value is -0.960. The van der Waals surface area contributed by atoms with Gasteiger partial charge in [0.05, 0.1) is 8.49 Å². The lowest BCUT2D eigenvalue weighted by Crippen LogP contribution is -2.40. The van der Waals surface area contributed by atoms with Crippen molar-refractivity contribution in [1.29, 1.82) is 0 Å². The van der Waals surface area contributed by atoms with E-state index < -0.39 is 10.7 Å². The van der Waals surface area contributed by atoms with Crippen LogP contribution in [0.5, 0.6) is 0 Å². The summed E-state index contributed by atoms with van der Waals surface area (Å²) >= 11 is 1.76. The van der Waals surface area contributed by atoms with Gasteiger partial charge in [0.2, 0.25) is 0 Å². The van der Waals surface area contributed by atoms with E-state index in [0.717, 1.165) is 12.8 Å². The Morgan fingerprint density at radius 2 is 2.06 bits per heavy atom. The Bertz CT molecular complexity index is 476. The van der Waals surface area contributed by atoms with Gasteiger partial charge < -0.3 is 10.6 Å². The van der Waals surface area contributed by atoms with Crippen molar-refractivity contribution in [2.24, 2.45) is 5.73 Å². The van der Waals surface area contributed by atoms with Crippen molar-refractivity contribution in [3.05, 3.63) is 31.6 Å². The monoisotopic (exact) mass is 365 g/mol. The molecule has 1 fully saturated rings. The van der Waals surface area contributed by atoms with Crippen LogP contribution in [0.4, 0.5) is 15.8 Å². The van der Waals surface area contributed by atoms with Crippen molar-refractivity contribution in [3.63, 3.8) is 0 Å². The van der Waals surface area contributed by atoms with E-state index in [-0.39, 0.29) is 15.3 Å². The SMILES string of the molecule is NC1CCN(c2cc(F)c(I)cc2[N+](=O)[O-])CC1. The molecule has 1 aromatic rings. The summed E-state index contributed by atoms with van der Waals surface area (Å²) in [7, 11) is 0. The van der Waals surface area contributed by atoms with Gasteiger partial charge in [-0.2, -0.15) is 0 Å². The van der Waals surface area contributed by atoms with Gasteiger partial charge in [0.25, 0.3) is 5.69 Å². The third-order valence-corrected chi connectivity index (χ3v) is 3.92. The van der Waals surface area contributed by atoms with Gasteiger partial charge in [-0.3, -0.25) is 10.1 Å². The van der Waals surface area contributed by atoms with E-state index in [1.807, 2.05) is 4.90 Å². The largest absolute Gasteiger partial charge is 0.366 e. The van der Waals surface area contributed by atoms with Gasteiger partial charge in [0, 0.05) is 31.3 Å². The molecule has 7 heteroatoms. The summed E-state index contributed by atoms with van der Waals surface area (Å²) in [5.41, 5.74) is 6.10. The van der Waals surface area contributed by atoms with Crippen LogP contribution in [0.15, 0.2) is 12.1 Å². The molecule has 0 atom stereocenters. The molecule has 0 radical (unpaired) electrons. The molecular formula is C11H13FIN3O2. The fourth-order valence-electron chi connectivity index (χ4n) is 2.07. The van der Waals surface area contributed by atoms with Crippen molar-refractivity contribution < 1.29 is 9.31 Å². The van der Waals surface area contributed by atoms with Crippen LogP contribution in [0.25, 0.3) is 0 Å². The number of benzene rings is 1. The minimum Gasteiger partial charge on any atom is -0.366 e. The summed E-state index contributed by atoms with van der Waals surface area (Å²) in [5, 5.41) is 11.0. The van der Waals surface area contributed by atoms with Gasteiger partial charge in [0.15, 0.2) is 0 Å². The van der Waals surface area contributed by atoms with Crippen LogP contribution < -0.4 is 10.6 Å². The zero-order valence-electron chi connectivity index (χ0n) is 9.60. The molecule has 1 aromatic carbocycles. The zero-order chi connectivity index (χ0) is 13.3. The molecule has 98 valence electrons. The summed E-state index contributed by atoms with van der Waals surface area (Å²) in [6.07, 6.45) is 1.54. The Balaban J connectivity index is 2.36. The Kier molecular flexibility index (Phi) is 4.00. The highest BCUT2D eigenvalue weighted by Crippen LogP contribution is 2.33. The Morgan fingerprint density at radius 3 is 2.61 bits per heavy atom. The van der Waals surface area contributed by atoms with Crippen LogP contribution in [-0.2, 0) is 0 Å². The topological polar surface area (TPSA) is 72.4 Å². The number of nitro benzene ring substituents is 1. The smallest absolute Gasteiger partial charge is 0.293 e. The summed E-state index contributed by atoms with van der Waals surface area (Å²) in [6, 6.07) is 2.66. The second-order valence-electron chi connectivity index (χ2n) is 4.34. The minimum absolute atomic E-state index is 0.0451. The molecule has 1 aliphatic rings. The van der Waals surface area contributed by atoms with Crippen LogP contribution in [-0.4, -0.2) is 24.1 Å². The number of nitrogens with zero attached hydrogens (tertiary/aromatic N) is 2. The van der Waals surface area contributed by atoms with Crippen LogP contribution in [0.3, 0.4) is 0 Å². The summed E-state index contributed by atoms with van der Waals surface area (Å²) in [6.45, 7) is 1.25. The molecular weight excluding hydrogens is 352 g/mol. The number of nitro groups is 1. The van der Waals surface area contributed by atoms with Gasteiger partial charge in [-0.05, 0) is 35.4 Å². The molecule has 1 saturated heterocycles. The molecule has 0 bridgehead atoms. The van der Waals surface area contributed by atoms with Crippen molar-refractivity contribution in [3.8, 4) is 0 Å². The van der Waals surface area contributed by atoms with Gasteiger partial charge in [0.1, 0.15) is 11.5 Å². The van der Waals surface area contributed by atoms with Crippen LogP contribution in [0.1, 0.15) is 12.8 Å². The summed E-state index contributed by atoms with van der Waals surface area (Å²) < 4.78 is 13.8. The van der Waals surface area contributed by atoms with Gasteiger partial charge in [-0.15, -0.1) is 0 Å². The standard InChI is InChI=1S/C11H13FIN3O2/c12-8-5-10(11(16(17)18)6-9(8)13)15-3-1-7(14)2-4-15/h5-7H,1-4,14H2.